The van der Waals surface area contributed by atoms with Crippen molar-refractivity contribution in [1.82, 2.24) is 0 Å². The normalized spacial score (nSPS) is 11.4. The van der Waals surface area contributed by atoms with Crippen LogP contribution in [0.2, 0.25) is 58.9 Å². The second-order valence-corrected chi connectivity index (χ2v) is 35.2. The number of hydrogen-bond acceptors (Lipinski definition) is 0. The Hall–Kier alpha value is -3.74. The van der Waals surface area contributed by atoms with E-state index in [1.165, 1.54) is 97.9 Å². The molecule has 63 heavy (non-hydrogen) atoms. The van der Waals surface area contributed by atoms with Crippen molar-refractivity contribution in [2.75, 3.05) is 0 Å². The van der Waals surface area contributed by atoms with Crippen molar-refractivity contribution in [1.29, 1.82) is 0 Å². The van der Waals surface area contributed by atoms with Gasteiger partial charge in [0.25, 0.3) is 0 Å². The zero-order chi connectivity index (χ0) is 43.0. The van der Waals surface area contributed by atoms with Crippen molar-refractivity contribution < 1.29 is 51.0 Å². The summed E-state index contributed by atoms with van der Waals surface area (Å²) in [6.07, 6.45) is 0. The van der Waals surface area contributed by atoms with Crippen molar-refractivity contribution in [3.63, 3.8) is 0 Å². The van der Waals surface area contributed by atoms with Crippen LogP contribution in [-0.4, -0.2) is 24.2 Å². The van der Waals surface area contributed by atoms with E-state index in [2.05, 4.69) is 243 Å². The second-order valence-electron chi connectivity index (χ2n) is 20.0. The van der Waals surface area contributed by atoms with Crippen molar-refractivity contribution in [2.24, 2.45) is 0 Å². The molecule has 0 bridgehead atoms. The van der Waals surface area contributed by atoms with Crippen LogP contribution in [0, 0.1) is 20.8 Å². The van der Waals surface area contributed by atoms with E-state index in [9.17, 15) is 0 Å². The minimum atomic E-state index is -1.21. The van der Waals surface area contributed by atoms with E-state index < -0.39 is 24.2 Å². The van der Waals surface area contributed by atoms with Crippen LogP contribution in [0.3, 0.4) is 0 Å². The summed E-state index contributed by atoms with van der Waals surface area (Å²) in [5.74, 6) is 0. The van der Waals surface area contributed by atoms with Gasteiger partial charge < -0.3 is 24.8 Å². The van der Waals surface area contributed by atoms with Gasteiger partial charge in [0.2, 0.25) is 0 Å². The molecular formula is C57H63Cl2Si3Zr-3. The van der Waals surface area contributed by atoms with Crippen LogP contribution < -0.4 is 40.4 Å². The molecule has 0 atom stereocenters. The Balaban J connectivity index is 0.000000203. The Bertz CT molecular complexity index is 2560. The Morgan fingerprint density at radius 2 is 0.540 bits per heavy atom. The molecule has 0 amide bonds. The Labute approximate surface area is 413 Å². The fourth-order valence-electron chi connectivity index (χ4n) is 8.36. The molecule has 9 rings (SSSR count). The molecule has 0 nitrogen and oxygen atoms in total. The molecule has 0 saturated carbocycles. The third kappa shape index (κ3) is 12.3. The molecule has 0 spiro atoms. The molecule has 0 aliphatic carbocycles. The van der Waals surface area contributed by atoms with E-state index in [4.69, 9.17) is 0 Å². The summed E-state index contributed by atoms with van der Waals surface area (Å²) < 4.78 is 0. The summed E-state index contributed by atoms with van der Waals surface area (Å²) in [6.45, 7) is 28.0. The molecule has 0 radical (unpaired) electrons. The summed E-state index contributed by atoms with van der Waals surface area (Å²) in [4.78, 5) is 0. The van der Waals surface area contributed by atoms with Crippen molar-refractivity contribution in [2.45, 2.75) is 79.7 Å². The molecule has 0 heterocycles. The summed E-state index contributed by atoms with van der Waals surface area (Å²) in [5.41, 5.74) is 12.0. The minimum absolute atomic E-state index is 0. The fourth-order valence-corrected chi connectivity index (χ4v) is 11.9. The molecule has 0 saturated heterocycles. The van der Waals surface area contributed by atoms with Crippen molar-refractivity contribution in [3.8, 4) is 33.4 Å². The summed E-state index contributed by atoms with van der Waals surface area (Å²) in [5, 5.41) is 12.7. The van der Waals surface area contributed by atoms with E-state index in [0.29, 0.717) is 0 Å². The maximum absolute atomic E-state index is 2.39. The van der Waals surface area contributed by atoms with E-state index in [-0.39, 0.29) is 51.0 Å². The van der Waals surface area contributed by atoms with Gasteiger partial charge in [0.1, 0.15) is 0 Å². The van der Waals surface area contributed by atoms with Crippen LogP contribution in [0.5, 0.6) is 0 Å². The standard InChI is InChI=1S/3C19H21Si.2ClH.Zr/c3*1-14-12-16-6-5-7-18(19(16)13-14)15-8-10-17(11-9-15)20(2,3)4;;;/h3*5-13H,1-4H3;2*1H;/q3*-1;;;+2/p-2. The molecule has 0 aromatic heterocycles. The fraction of sp³-hybridized carbons (Fsp3) is 0.211. The van der Waals surface area contributed by atoms with Gasteiger partial charge in [-0.3, -0.25) is 0 Å². The molecule has 0 fully saturated rings. The number of hydrogen-bond donors (Lipinski definition) is 0. The average molecular weight is 995 g/mol. The number of rotatable bonds is 6. The second kappa shape index (κ2) is 21.1. The molecule has 0 N–H and O–H groups in total. The predicted octanol–water partition coefficient (Wildman–Crippen LogP) is 9.24. The van der Waals surface area contributed by atoms with Gasteiger partial charge in [-0.1, -0.05) is 203 Å². The molecule has 324 valence electrons. The van der Waals surface area contributed by atoms with Gasteiger partial charge in [-0.05, 0) is 16.7 Å². The summed E-state index contributed by atoms with van der Waals surface area (Å²) in [6, 6.07) is 61.0. The topological polar surface area (TPSA) is 0 Å². The van der Waals surface area contributed by atoms with Crippen molar-refractivity contribution >= 4 is 72.1 Å². The maximum atomic E-state index is 2.39. The molecule has 9 aromatic carbocycles. The van der Waals surface area contributed by atoms with Crippen LogP contribution in [-0.2, 0) is 26.2 Å². The van der Waals surface area contributed by atoms with E-state index >= 15 is 0 Å². The van der Waals surface area contributed by atoms with Gasteiger partial charge >= 0.3 is 26.2 Å². The smallest absolute Gasteiger partial charge is 1.00 e. The quantitative estimate of drug-likeness (QED) is 0.115. The monoisotopic (exact) mass is 991 g/mol. The molecule has 6 heteroatoms. The summed E-state index contributed by atoms with van der Waals surface area (Å²) in [7, 11) is -3.62. The van der Waals surface area contributed by atoms with Gasteiger partial charge in [0, 0.05) is 0 Å². The van der Waals surface area contributed by atoms with Crippen molar-refractivity contribution in [3.05, 3.63) is 180 Å². The van der Waals surface area contributed by atoms with Gasteiger partial charge in [-0.25, -0.2) is 0 Å². The Morgan fingerprint density at radius 3 is 0.746 bits per heavy atom. The third-order valence-corrected chi connectivity index (χ3v) is 18.1. The van der Waals surface area contributed by atoms with E-state index in [1.54, 1.807) is 0 Å². The van der Waals surface area contributed by atoms with Crippen LogP contribution in [0.25, 0.3) is 65.7 Å². The van der Waals surface area contributed by atoms with Crippen LogP contribution >= 0.6 is 0 Å². The first kappa shape index (κ1) is 51.9. The van der Waals surface area contributed by atoms with Crippen LogP contribution in [0.4, 0.5) is 0 Å². The first-order chi connectivity index (χ1) is 28.3. The van der Waals surface area contributed by atoms with Gasteiger partial charge in [0.15, 0.2) is 0 Å². The minimum Gasteiger partial charge on any atom is -1.00 e. The van der Waals surface area contributed by atoms with Gasteiger partial charge in [-0.2, -0.15) is 18.2 Å². The number of benzene rings is 6. The van der Waals surface area contributed by atoms with E-state index in [1.807, 2.05) is 0 Å². The number of fused-ring (bicyclic) bond motifs is 3. The molecule has 0 unspecified atom stereocenters. The Kier molecular flexibility index (Phi) is 17.3. The first-order valence-corrected chi connectivity index (χ1v) is 32.2. The third-order valence-electron chi connectivity index (χ3n) is 11.9. The van der Waals surface area contributed by atoms with Gasteiger partial charge in [-0.15, -0.1) is 104 Å². The Morgan fingerprint density at radius 1 is 0.317 bits per heavy atom. The zero-order valence-electron chi connectivity index (χ0n) is 39.3. The molecule has 0 aliphatic rings. The zero-order valence-corrected chi connectivity index (χ0v) is 46.3. The molecule has 0 aliphatic heterocycles. The molecule has 9 aromatic rings. The largest absolute Gasteiger partial charge is 2.00 e. The van der Waals surface area contributed by atoms with Crippen LogP contribution in [0.1, 0.15) is 16.7 Å². The van der Waals surface area contributed by atoms with Crippen LogP contribution in [0.15, 0.2) is 164 Å². The number of halogens is 2. The first-order valence-electron chi connectivity index (χ1n) is 21.7. The SMILES string of the molecule is Cc1cc2c(-c3ccc([Si](C)(C)C)cc3)cccc2[cH-]1.Cc1cc2c(-c3ccc([Si](C)(C)C)cc3)cccc2[cH-]1.Cc1cc2c(-c3ccc([Si](C)(C)C)cc3)cccc2[cH-]1.[Cl-].[Cl-].[Zr+2]. The maximum Gasteiger partial charge on any atom is 2.00 e. The predicted molar refractivity (Wildman–Crippen MR) is 278 cm³/mol. The summed E-state index contributed by atoms with van der Waals surface area (Å²) >= 11 is 0. The van der Waals surface area contributed by atoms with Gasteiger partial charge in [0.05, 0.1) is 24.2 Å². The average Bonchev–Trinajstić information content (AvgIpc) is 3.91. The van der Waals surface area contributed by atoms with E-state index in [0.717, 1.165) is 0 Å². The molecular weight excluding hydrogens is 931 g/mol. The number of aryl methyl sites for hydroxylation is 3.